The van der Waals surface area contributed by atoms with Crippen LogP contribution in [0, 0.1) is 0 Å². The van der Waals surface area contributed by atoms with Crippen molar-refractivity contribution >= 4 is 11.8 Å². The van der Waals surface area contributed by atoms with E-state index in [0.29, 0.717) is 5.56 Å². The molecule has 3 nitrogen and oxygen atoms in total. The van der Waals surface area contributed by atoms with Crippen LogP contribution in [0.2, 0.25) is 0 Å². The minimum atomic E-state index is -0.324. The van der Waals surface area contributed by atoms with Crippen molar-refractivity contribution in [2.45, 2.75) is 13.3 Å². The lowest BCUT2D eigenvalue weighted by molar-refractivity contribution is -0.126. The largest absolute Gasteiger partial charge is 0.274 e. The first kappa shape index (κ1) is 12.9. The maximum Gasteiger partial charge on any atom is 0.264 e. The third-order valence-electron chi connectivity index (χ3n) is 2.18. The molecule has 0 spiro atoms. The summed E-state index contributed by atoms with van der Waals surface area (Å²) in [6, 6.07) is 8.71. The molecule has 0 unspecified atom stereocenters. The zero-order chi connectivity index (χ0) is 12.7. The molecule has 0 N–H and O–H groups in total. The van der Waals surface area contributed by atoms with Crippen LogP contribution in [-0.2, 0) is 4.79 Å². The van der Waals surface area contributed by atoms with Crippen LogP contribution in [0.3, 0.4) is 0 Å². The number of allylic oxidation sites excluding steroid dienone is 2. The van der Waals surface area contributed by atoms with Crippen LogP contribution in [0.5, 0.6) is 0 Å². The molecule has 0 saturated heterocycles. The van der Waals surface area contributed by atoms with Gasteiger partial charge < -0.3 is 0 Å². The maximum absolute atomic E-state index is 12.1. The first-order valence-corrected chi connectivity index (χ1v) is 5.41. The third-order valence-corrected chi connectivity index (χ3v) is 2.18. The smallest absolute Gasteiger partial charge is 0.264 e. The molecular formula is C14H15NO2. The fraction of sp³-hybridized carbons (Fsp3) is 0.143. The van der Waals surface area contributed by atoms with Gasteiger partial charge in [-0.1, -0.05) is 37.8 Å². The van der Waals surface area contributed by atoms with E-state index in [2.05, 4.69) is 6.58 Å². The summed E-state index contributed by atoms with van der Waals surface area (Å²) in [6.07, 6.45) is 4.80. The number of carbonyl (C=O) groups is 2. The van der Waals surface area contributed by atoms with Crippen LogP contribution < -0.4 is 0 Å². The second kappa shape index (κ2) is 6.43. The molecule has 17 heavy (non-hydrogen) atoms. The molecule has 0 fully saturated rings. The number of benzene rings is 1. The van der Waals surface area contributed by atoms with Crippen LogP contribution in [0.1, 0.15) is 23.7 Å². The second-order valence-electron chi connectivity index (χ2n) is 3.37. The molecule has 0 bridgehead atoms. The zero-order valence-electron chi connectivity index (χ0n) is 9.80. The molecule has 1 aromatic carbocycles. The molecule has 0 aromatic heterocycles. The number of imide groups is 1. The van der Waals surface area contributed by atoms with Crippen molar-refractivity contribution in [1.82, 2.24) is 4.90 Å². The highest BCUT2D eigenvalue weighted by molar-refractivity contribution is 6.05. The van der Waals surface area contributed by atoms with Gasteiger partial charge in [0.1, 0.15) is 0 Å². The molecule has 1 rings (SSSR count). The molecular weight excluding hydrogens is 214 g/mol. The summed E-state index contributed by atoms with van der Waals surface area (Å²) >= 11 is 0. The molecule has 0 heterocycles. The van der Waals surface area contributed by atoms with Gasteiger partial charge in [0.2, 0.25) is 5.91 Å². The van der Waals surface area contributed by atoms with E-state index in [0.717, 1.165) is 4.90 Å². The minimum absolute atomic E-state index is 0.239. The van der Waals surface area contributed by atoms with Gasteiger partial charge in [-0.25, -0.2) is 0 Å². The van der Waals surface area contributed by atoms with Gasteiger partial charge in [0.05, 0.1) is 0 Å². The molecule has 2 amide bonds. The number of rotatable bonds is 4. The Hall–Kier alpha value is -2.16. The summed E-state index contributed by atoms with van der Waals surface area (Å²) in [6.45, 7) is 5.23. The first-order chi connectivity index (χ1) is 8.20. The highest BCUT2D eigenvalue weighted by Gasteiger charge is 2.18. The quantitative estimate of drug-likeness (QED) is 0.744. The van der Waals surface area contributed by atoms with Crippen molar-refractivity contribution < 1.29 is 9.59 Å². The Labute approximate surface area is 101 Å². The van der Waals surface area contributed by atoms with E-state index in [-0.39, 0.29) is 18.2 Å². The van der Waals surface area contributed by atoms with E-state index < -0.39 is 0 Å². The van der Waals surface area contributed by atoms with Crippen LogP contribution in [0.4, 0.5) is 0 Å². The number of carbonyl (C=O) groups excluding carboxylic acids is 2. The van der Waals surface area contributed by atoms with Crippen molar-refractivity contribution in [3.8, 4) is 0 Å². The summed E-state index contributed by atoms with van der Waals surface area (Å²) in [5.41, 5.74) is 0.489. The molecule has 0 radical (unpaired) electrons. The standard InChI is InChI=1S/C14H15NO2/c1-3-5-11-15(13(16)4-2)14(17)12-9-7-6-8-10-12/h3,5-11H,1,4H2,2H3/b11-5+. The third kappa shape index (κ3) is 3.41. The van der Waals surface area contributed by atoms with Crippen LogP contribution in [0.25, 0.3) is 0 Å². The van der Waals surface area contributed by atoms with Crippen LogP contribution >= 0.6 is 0 Å². The molecule has 0 saturated carbocycles. The first-order valence-electron chi connectivity index (χ1n) is 5.41. The lowest BCUT2D eigenvalue weighted by Crippen LogP contribution is -2.31. The van der Waals surface area contributed by atoms with Crippen LogP contribution in [0.15, 0.2) is 55.3 Å². The van der Waals surface area contributed by atoms with E-state index in [1.807, 2.05) is 6.07 Å². The van der Waals surface area contributed by atoms with Gasteiger partial charge in [0, 0.05) is 18.2 Å². The lowest BCUT2D eigenvalue weighted by atomic mass is 10.2. The van der Waals surface area contributed by atoms with Gasteiger partial charge in [-0.15, -0.1) is 0 Å². The van der Waals surface area contributed by atoms with Crippen molar-refractivity contribution in [3.05, 3.63) is 60.8 Å². The SMILES string of the molecule is C=C/C=C/N(C(=O)CC)C(=O)c1ccccc1. The highest BCUT2D eigenvalue weighted by atomic mass is 16.2. The van der Waals surface area contributed by atoms with E-state index in [1.54, 1.807) is 37.3 Å². The Kier molecular flexibility index (Phi) is 4.88. The van der Waals surface area contributed by atoms with E-state index in [4.69, 9.17) is 0 Å². The predicted octanol–water partition coefficient (Wildman–Crippen LogP) is 2.77. The van der Waals surface area contributed by atoms with Crippen molar-refractivity contribution in [2.75, 3.05) is 0 Å². The van der Waals surface area contributed by atoms with Gasteiger partial charge in [0.15, 0.2) is 0 Å². The number of amides is 2. The van der Waals surface area contributed by atoms with E-state index in [1.165, 1.54) is 12.3 Å². The predicted molar refractivity (Wildman–Crippen MR) is 67.2 cm³/mol. The van der Waals surface area contributed by atoms with Gasteiger partial charge >= 0.3 is 0 Å². The topological polar surface area (TPSA) is 37.4 Å². The summed E-state index contributed by atoms with van der Waals surface area (Å²) < 4.78 is 0. The Balaban J connectivity index is 2.98. The van der Waals surface area contributed by atoms with E-state index >= 15 is 0 Å². The van der Waals surface area contributed by atoms with Crippen LogP contribution in [-0.4, -0.2) is 16.7 Å². The number of nitrogens with zero attached hydrogens (tertiary/aromatic N) is 1. The Morgan fingerprint density at radius 2 is 1.94 bits per heavy atom. The fourth-order valence-electron chi connectivity index (χ4n) is 1.30. The monoisotopic (exact) mass is 229 g/mol. The second-order valence-corrected chi connectivity index (χ2v) is 3.37. The molecule has 0 aliphatic rings. The normalized spacial score (nSPS) is 10.2. The highest BCUT2D eigenvalue weighted by Crippen LogP contribution is 2.07. The van der Waals surface area contributed by atoms with E-state index in [9.17, 15) is 9.59 Å². The summed E-state index contributed by atoms with van der Waals surface area (Å²) in [4.78, 5) is 24.8. The van der Waals surface area contributed by atoms with Gasteiger partial charge in [-0.3, -0.25) is 14.5 Å². The minimum Gasteiger partial charge on any atom is -0.274 e. The molecule has 1 aromatic rings. The molecule has 0 aliphatic heterocycles. The summed E-state index contributed by atoms with van der Waals surface area (Å²) in [5, 5.41) is 0. The van der Waals surface area contributed by atoms with Crippen molar-refractivity contribution in [2.24, 2.45) is 0 Å². The maximum atomic E-state index is 12.1. The molecule has 88 valence electrons. The average molecular weight is 229 g/mol. The number of hydrogen-bond donors (Lipinski definition) is 0. The molecule has 0 aliphatic carbocycles. The van der Waals surface area contributed by atoms with Crippen molar-refractivity contribution in [1.29, 1.82) is 0 Å². The fourth-order valence-corrected chi connectivity index (χ4v) is 1.30. The van der Waals surface area contributed by atoms with Gasteiger partial charge in [0.25, 0.3) is 5.91 Å². The van der Waals surface area contributed by atoms with Gasteiger partial charge in [-0.05, 0) is 18.2 Å². The van der Waals surface area contributed by atoms with Crippen molar-refractivity contribution in [3.63, 3.8) is 0 Å². The zero-order valence-corrected chi connectivity index (χ0v) is 9.80. The summed E-state index contributed by atoms with van der Waals surface area (Å²) in [5.74, 6) is -0.562. The Bertz CT molecular complexity index is 435. The number of hydrogen-bond acceptors (Lipinski definition) is 2. The Morgan fingerprint density at radius 1 is 1.29 bits per heavy atom. The lowest BCUT2D eigenvalue weighted by Gasteiger charge is -2.15. The molecule has 3 heteroatoms. The summed E-state index contributed by atoms with van der Waals surface area (Å²) in [7, 11) is 0. The Morgan fingerprint density at radius 3 is 2.47 bits per heavy atom. The molecule has 0 atom stereocenters. The average Bonchev–Trinajstić information content (AvgIpc) is 2.39. The van der Waals surface area contributed by atoms with Gasteiger partial charge in [-0.2, -0.15) is 0 Å².